The molecule has 0 aliphatic carbocycles. The third-order valence-electron chi connectivity index (χ3n) is 1.52. The van der Waals surface area contributed by atoms with E-state index in [1.807, 2.05) is 0 Å². The molecular formula is C9H18O3. The summed E-state index contributed by atoms with van der Waals surface area (Å²) in [7, 11) is 0. The largest absolute Gasteiger partial charge is 0.339 e. The van der Waals surface area contributed by atoms with Gasteiger partial charge in [0.25, 0.3) is 0 Å². The standard InChI is InChI=1S/C9H18O3/c1-4-6-9(7-5-2)12-11-8(3)10/h9H,4-7H2,1-3H3. The van der Waals surface area contributed by atoms with E-state index < -0.39 is 0 Å². The zero-order chi connectivity index (χ0) is 9.40. The van der Waals surface area contributed by atoms with Gasteiger partial charge in [0, 0.05) is 6.92 Å². The summed E-state index contributed by atoms with van der Waals surface area (Å²) in [6.07, 6.45) is 4.06. The van der Waals surface area contributed by atoms with Crippen LogP contribution in [0.3, 0.4) is 0 Å². The van der Waals surface area contributed by atoms with Gasteiger partial charge in [-0.3, -0.25) is 4.89 Å². The van der Waals surface area contributed by atoms with E-state index in [0.29, 0.717) is 0 Å². The zero-order valence-corrected chi connectivity index (χ0v) is 8.13. The minimum atomic E-state index is -0.382. The average Bonchev–Trinajstić information content (AvgIpc) is 2.01. The molecule has 0 aromatic heterocycles. The zero-order valence-electron chi connectivity index (χ0n) is 8.13. The fourth-order valence-electron chi connectivity index (χ4n) is 1.02. The second-order valence-electron chi connectivity index (χ2n) is 2.87. The molecular weight excluding hydrogens is 156 g/mol. The van der Waals surface area contributed by atoms with Crippen molar-refractivity contribution in [3.63, 3.8) is 0 Å². The van der Waals surface area contributed by atoms with E-state index in [4.69, 9.17) is 4.89 Å². The summed E-state index contributed by atoms with van der Waals surface area (Å²) in [5.41, 5.74) is 0. The Bertz CT molecular complexity index is 117. The van der Waals surface area contributed by atoms with Crippen molar-refractivity contribution in [1.82, 2.24) is 0 Å². The Morgan fingerprint density at radius 2 is 1.75 bits per heavy atom. The van der Waals surface area contributed by atoms with Crippen molar-refractivity contribution in [3.8, 4) is 0 Å². The Hall–Kier alpha value is -0.570. The topological polar surface area (TPSA) is 35.5 Å². The highest BCUT2D eigenvalue weighted by molar-refractivity contribution is 5.65. The number of hydrogen-bond acceptors (Lipinski definition) is 3. The first-order valence-corrected chi connectivity index (χ1v) is 4.54. The van der Waals surface area contributed by atoms with E-state index in [0.717, 1.165) is 25.7 Å². The van der Waals surface area contributed by atoms with Crippen molar-refractivity contribution in [2.45, 2.75) is 52.6 Å². The highest BCUT2D eigenvalue weighted by atomic mass is 17.2. The Morgan fingerprint density at radius 1 is 1.25 bits per heavy atom. The summed E-state index contributed by atoms with van der Waals surface area (Å²) in [6, 6.07) is 0. The molecule has 0 radical (unpaired) electrons. The average molecular weight is 174 g/mol. The molecule has 0 aromatic rings. The second kappa shape index (κ2) is 7.10. The first-order valence-electron chi connectivity index (χ1n) is 4.54. The molecule has 12 heavy (non-hydrogen) atoms. The summed E-state index contributed by atoms with van der Waals surface area (Å²) in [5.74, 6) is -0.382. The molecule has 0 bridgehead atoms. The van der Waals surface area contributed by atoms with Crippen molar-refractivity contribution in [3.05, 3.63) is 0 Å². The van der Waals surface area contributed by atoms with Gasteiger partial charge >= 0.3 is 5.97 Å². The molecule has 0 saturated carbocycles. The molecule has 0 rings (SSSR count). The fourth-order valence-corrected chi connectivity index (χ4v) is 1.02. The summed E-state index contributed by atoms with van der Waals surface area (Å²) >= 11 is 0. The first kappa shape index (κ1) is 11.4. The third-order valence-corrected chi connectivity index (χ3v) is 1.52. The van der Waals surface area contributed by atoms with Crippen molar-refractivity contribution in [1.29, 1.82) is 0 Å². The monoisotopic (exact) mass is 174 g/mol. The third kappa shape index (κ3) is 6.16. The van der Waals surface area contributed by atoms with Crippen LogP contribution in [0.15, 0.2) is 0 Å². The number of carbonyl (C=O) groups is 1. The van der Waals surface area contributed by atoms with E-state index in [1.165, 1.54) is 6.92 Å². The fraction of sp³-hybridized carbons (Fsp3) is 0.889. The molecule has 3 nitrogen and oxygen atoms in total. The van der Waals surface area contributed by atoms with Crippen molar-refractivity contribution in [2.75, 3.05) is 0 Å². The van der Waals surface area contributed by atoms with Gasteiger partial charge in [-0.15, -0.1) is 0 Å². The molecule has 0 fully saturated rings. The Labute approximate surface area is 74.0 Å². The molecule has 0 atom stereocenters. The lowest BCUT2D eigenvalue weighted by Gasteiger charge is -2.12. The molecule has 0 spiro atoms. The molecule has 72 valence electrons. The van der Waals surface area contributed by atoms with Crippen LogP contribution < -0.4 is 0 Å². The molecule has 0 unspecified atom stereocenters. The predicted molar refractivity (Wildman–Crippen MR) is 46.5 cm³/mol. The van der Waals surface area contributed by atoms with Crippen molar-refractivity contribution >= 4 is 5.97 Å². The summed E-state index contributed by atoms with van der Waals surface area (Å²) in [4.78, 5) is 19.8. The molecule has 0 amide bonds. The molecule has 0 heterocycles. The van der Waals surface area contributed by atoms with Gasteiger partial charge in [-0.05, 0) is 12.8 Å². The lowest BCUT2D eigenvalue weighted by Crippen LogP contribution is -2.14. The molecule has 0 saturated heterocycles. The Morgan fingerprint density at radius 3 is 2.08 bits per heavy atom. The lowest BCUT2D eigenvalue weighted by molar-refractivity contribution is -0.298. The van der Waals surface area contributed by atoms with Crippen LogP contribution in [0.4, 0.5) is 0 Å². The number of rotatable bonds is 6. The van der Waals surface area contributed by atoms with Gasteiger partial charge in [-0.25, -0.2) is 4.79 Å². The Balaban J connectivity index is 3.54. The Kier molecular flexibility index (Phi) is 6.76. The van der Waals surface area contributed by atoms with Gasteiger partial charge in [0.2, 0.25) is 0 Å². The van der Waals surface area contributed by atoms with E-state index in [-0.39, 0.29) is 12.1 Å². The van der Waals surface area contributed by atoms with Crippen molar-refractivity contribution < 1.29 is 14.6 Å². The van der Waals surface area contributed by atoms with E-state index in [2.05, 4.69) is 18.7 Å². The minimum Gasteiger partial charge on any atom is -0.298 e. The molecule has 0 aromatic carbocycles. The van der Waals surface area contributed by atoms with E-state index in [1.54, 1.807) is 0 Å². The van der Waals surface area contributed by atoms with E-state index in [9.17, 15) is 4.79 Å². The molecule has 3 heteroatoms. The predicted octanol–water partition coefficient (Wildman–Crippen LogP) is 2.45. The van der Waals surface area contributed by atoms with Crippen LogP contribution in [-0.4, -0.2) is 12.1 Å². The maximum atomic E-state index is 10.4. The van der Waals surface area contributed by atoms with Crippen LogP contribution >= 0.6 is 0 Å². The number of carbonyl (C=O) groups excluding carboxylic acids is 1. The summed E-state index contributed by atoms with van der Waals surface area (Å²) in [5, 5.41) is 0. The second-order valence-corrected chi connectivity index (χ2v) is 2.87. The SMILES string of the molecule is CCCC(CCC)OOC(C)=O. The highest BCUT2D eigenvalue weighted by Gasteiger charge is 2.09. The first-order chi connectivity index (χ1) is 5.70. The molecule has 0 aliphatic rings. The van der Waals surface area contributed by atoms with Crippen LogP contribution in [0.1, 0.15) is 46.5 Å². The van der Waals surface area contributed by atoms with E-state index >= 15 is 0 Å². The summed E-state index contributed by atoms with van der Waals surface area (Å²) in [6.45, 7) is 5.51. The van der Waals surface area contributed by atoms with Gasteiger partial charge in [0.15, 0.2) is 0 Å². The summed E-state index contributed by atoms with van der Waals surface area (Å²) < 4.78 is 0. The van der Waals surface area contributed by atoms with Crippen LogP contribution in [0.5, 0.6) is 0 Å². The lowest BCUT2D eigenvalue weighted by atomic mass is 10.1. The molecule has 0 N–H and O–H groups in total. The quantitative estimate of drug-likeness (QED) is 0.458. The van der Waals surface area contributed by atoms with Gasteiger partial charge in [0.05, 0.1) is 0 Å². The van der Waals surface area contributed by atoms with Gasteiger partial charge in [-0.1, -0.05) is 26.7 Å². The van der Waals surface area contributed by atoms with Crippen LogP contribution in [0.2, 0.25) is 0 Å². The normalized spacial score (nSPS) is 10.3. The van der Waals surface area contributed by atoms with Crippen LogP contribution in [-0.2, 0) is 14.6 Å². The van der Waals surface area contributed by atoms with Gasteiger partial charge in [-0.2, -0.15) is 4.89 Å². The highest BCUT2D eigenvalue weighted by Crippen LogP contribution is 2.09. The number of hydrogen-bond donors (Lipinski definition) is 0. The van der Waals surface area contributed by atoms with Crippen LogP contribution in [0.25, 0.3) is 0 Å². The smallest absolute Gasteiger partial charge is 0.298 e. The van der Waals surface area contributed by atoms with Crippen LogP contribution in [0, 0.1) is 0 Å². The molecule has 0 aliphatic heterocycles. The minimum absolute atomic E-state index is 0.0731. The maximum Gasteiger partial charge on any atom is 0.339 e. The van der Waals surface area contributed by atoms with Crippen molar-refractivity contribution in [2.24, 2.45) is 0 Å². The van der Waals surface area contributed by atoms with Gasteiger partial charge in [0.1, 0.15) is 6.10 Å². The van der Waals surface area contributed by atoms with Gasteiger partial charge < -0.3 is 0 Å². The maximum absolute atomic E-state index is 10.4.